The molecule has 0 aliphatic carbocycles. The fraction of sp³-hybridized carbons (Fsp3) is 0.190. The van der Waals surface area contributed by atoms with Crippen molar-refractivity contribution < 1.29 is 18.3 Å². The van der Waals surface area contributed by atoms with Gasteiger partial charge >= 0.3 is 5.97 Å². The summed E-state index contributed by atoms with van der Waals surface area (Å²) >= 11 is 7.19. The summed E-state index contributed by atoms with van der Waals surface area (Å²) in [5.41, 5.74) is 0.315. The van der Waals surface area contributed by atoms with Gasteiger partial charge in [-0.2, -0.15) is 0 Å². The molecule has 154 valence electrons. The van der Waals surface area contributed by atoms with E-state index in [0.717, 1.165) is 11.3 Å². The van der Waals surface area contributed by atoms with Gasteiger partial charge in [-0.25, -0.2) is 14.2 Å². The molecule has 0 unspecified atom stereocenters. The highest BCUT2D eigenvalue weighted by molar-refractivity contribution is 7.07. The van der Waals surface area contributed by atoms with Crippen molar-refractivity contribution in [1.82, 2.24) is 4.57 Å². The maximum Gasteiger partial charge on any atom is 0.338 e. The molecule has 0 amide bonds. The molecule has 1 aromatic carbocycles. The van der Waals surface area contributed by atoms with E-state index in [1.807, 2.05) is 0 Å². The minimum atomic E-state index is -0.839. The second-order valence-electron chi connectivity index (χ2n) is 6.45. The number of aromatic nitrogens is 1. The minimum Gasteiger partial charge on any atom is -0.467 e. The minimum absolute atomic E-state index is 0.111. The Hall–Kier alpha value is -2.97. The number of carbonyl (C=O) groups is 1. The van der Waals surface area contributed by atoms with Gasteiger partial charge in [0.25, 0.3) is 5.56 Å². The highest BCUT2D eigenvalue weighted by atomic mass is 35.5. The molecule has 9 heteroatoms. The third-order valence-corrected chi connectivity index (χ3v) is 5.92. The van der Waals surface area contributed by atoms with Crippen molar-refractivity contribution in [2.24, 2.45) is 4.99 Å². The van der Waals surface area contributed by atoms with Gasteiger partial charge in [-0.05, 0) is 44.2 Å². The fourth-order valence-electron chi connectivity index (χ4n) is 3.29. The molecule has 6 nitrogen and oxygen atoms in total. The summed E-state index contributed by atoms with van der Waals surface area (Å²) in [6, 6.07) is 6.80. The van der Waals surface area contributed by atoms with Crippen LogP contribution in [0.15, 0.2) is 62.1 Å². The van der Waals surface area contributed by atoms with E-state index in [1.54, 1.807) is 32.0 Å². The number of nitrogens with zero attached hydrogens (tertiary/aromatic N) is 2. The van der Waals surface area contributed by atoms with Gasteiger partial charge in [-0.1, -0.05) is 29.0 Å². The van der Waals surface area contributed by atoms with E-state index >= 15 is 0 Å². The molecular weight excluding hydrogens is 431 g/mol. The van der Waals surface area contributed by atoms with Crippen LogP contribution in [-0.4, -0.2) is 17.1 Å². The van der Waals surface area contributed by atoms with Crippen LogP contribution in [0.1, 0.15) is 31.2 Å². The largest absolute Gasteiger partial charge is 0.467 e. The van der Waals surface area contributed by atoms with E-state index < -0.39 is 23.4 Å². The van der Waals surface area contributed by atoms with Gasteiger partial charge in [0, 0.05) is 5.56 Å². The lowest BCUT2D eigenvalue weighted by atomic mass is 10.0. The van der Waals surface area contributed by atoms with E-state index in [1.165, 1.54) is 29.0 Å². The Morgan fingerprint density at radius 1 is 1.40 bits per heavy atom. The van der Waals surface area contributed by atoms with Crippen LogP contribution in [0.3, 0.4) is 0 Å². The van der Waals surface area contributed by atoms with Gasteiger partial charge in [0.2, 0.25) is 0 Å². The van der Waals surface area contributed by atoms with Crippen molar-refractivity contribution in [2.75, 3.05) is 6.61 Å². The number of hydrogen-bond donors (Lipinski definition) is 0. The fourth-order valence-corrected chi connectivity index (χ4v) is 4.53. The monoisotopic (exact) mass is 446 g/mol. The Morgan fingerprint density at radius 2 is 2.20 bits per heavy atom. The lowest BCUT2D eigenvalue weighted by Crippen LogP contribution is -2.39. The maximum atomic E-state index is 14.2. The Balaban J connectivity index is 1.98. The molecule has 0 bridgehead atoms. The molecule has 30 heavy (non-hydrogen) atoms. The first-order chi connectivity index (χ1) is 14.4. The van der Waals surface area contributed by atoms with Crippen LogP contribution in [0.2, 0.25) is 5.02 Å². The van der Waals surface area contributed by atoms with Gasteiger partial charge in [-0.3, -0.25) is 9.36 Å². The summed E-state index contributed by atoms with van der Waals surface area (Å²) in [6.45, 7) is 3.55. The smallest absolute Gasteiger partial charge is 0.338 e. The van der Waals surface area contributed by atoms with Crippen LogP contribution in [-0.2, 0) is 9.53 Å². The molecule has 3 heterocycles. The number of benzene rings is 1. The van der Waals surface area contributed by atoms with Gasteiger partial charge in [0.05, 0.1) is 33.7 Å². The predicted octanol–water partition coefficient (Wildman–Crippen LogP) is 3.18. The van der Waals surface area contributed by atoms with Crippen molar-refractivity contribution in [3.05, 3.63) is 89.7 Å². The average Bonchev–Trinajstić information content (AvgIpc) is 3.33. The lowest BCUT2D eigenvalue weighted by molar-refractivity contribution is -0.139. The van der Waals surface area contributed by atoms with E-state index in [4.69, 9.17) is 20.8 Å². The molecule has 0 radical (unpaired) electrons. The van der Waals surface area contributed by atoms with Crippen molar-refractivity contribution in [1.29, 1.82) is 0 Å². The van der Waals surface area contributed by atoms with E-state index in [9.17, 15) is 14.0 Å². The number of thiazole rings is 1. The number of furan rings is 1. The first kappa shape index (κ1) is 20.3. The van der Waals surface area contributed by atoms with Crippen molar-refractivity contribution in [2.45, 2.75) is 19.9 Å². The first-order valence-corrected chi connectivity index (χ1v) is 10.3. The normalized spacial score (nSPS) is 16.4. The maximum absolute atomic E-state index is 14.2. The summed E-state index contributed by atoms with van der Waals surface area (Å²) in [4.78, 5) is 30.7. The Bertz CT molecular complexity index is 1320. The zero-order valence-corrected chi connectivity index (χ0v) is 17.6. The number of allylic oxidation sites excluding steroid dienone is 1. The van der Waals surface area contributed by atoms with E-state index in [-0.39, 0.29) is 27.3 Å². The molecule has 0 saturated carbocycles. The van der Waals surface area contributed by atoms with Crippen LogP contribution in [0.5, 0.6) is 0 Å². The van der Waals surface area contributed by atoms with Gasteiger partial charge in [-0.15, -0.1) is 0 Å². The topological polar surface area (TPSA) is 73.8 Å². The molecule has 1 atom stereocenters. The first-order valence-electron chi connectivity index (χ1n) is 9.09. The zero-order valence-electron chi connectivity index (χ0n) is 16.0. The second kappa shape index (κ2) is 8.04. The van der Waals surface area contributed by atoms with Gasteiger partial charge in [0.15, 0.2) is 4.80 Å². The standard InChI is InChI=1S/C21H16ClFN2O4S/c1-3-28-20(27)17-11(2)24-21-25(18(17)15-8-5-9-29-15)19(26)16(30-21)10-12-13(22)6-4-7-14(12)23/h4-10,18H,3H2,1-2H3/b16-10-/t18-/m1/s1. The summed E-state index contributed by atoms with van der Waals surface area (Å²) in [6.07, 6.45) is 2.85. The van der Waals surface area contributed by atoms with Crippen molar-refractivity contribution in [3.8, 4) is 0 Å². The van der Waals surface area contributed by atoms with E-state index in [0.29, 0.717) is 16.3 Å². The molecule has 4 rings (SSSR count). The number of fused-ring (bicyclic) bond motifs is 1. The highest BCUT2D eigenvalue weighted by Gasteiger charge is 2.35. The van der Waals surface area contributed by atoms with Crippen LogP contribution in [0, 0.1) is 5.82 Å². The van der Waals surface area contributed by atoms with E-state index in [2.05, 4.69) is 4.99 Å². The molecule has 1 aliphatic rings. The number of hydrogen-bond acceptors (Lipinski definition) is 6. The number of esters is 1. The van der Waals surface area contributed by atoms with Gasteiger partial charge in [0.1, 0.15) is 17.6 Å². The Kier molecular flexibility index (Phi) is 5.44. The quantitative estimate of drug-likeness (QED) is 0.577. The van der Waals surface area contributed by atoms with Crippen molar-refractivity contribution >= 4 is 35.0 Å². The zero-order chi connectivity index (χ0) is 21.4. The second-order valence-corrected chi connectivity index (χ2v) is 7.87. The highest BCUT2D eigenvalue weighted by Crippen LogP contribution is 2.30. The van der Waals surface area contributed by atoms with Crippen LogP contribution >= 0.6 is 22.9 Å². The Morgan fingerprint density at radius 3 is 2.87 bits per heavy atom. The molecule has 2 aromatic heterocycles. The number of halogens is 2. The predicted molar refractivity (Wildman–Crippen MR) is 111 cm³/mol. The lowest BCUT2D eigenvalue weighted by Gasteiger charge is -2.22. The number of rotatable bonds is 4. The van der Waals surface area contributed by atoms with Crippen LogP contribution in [0.4, 0.5) is 4.39 Å². The number of carbonyl (C=O) groups excluding carboxylic acids is 1. The van der Waals surface area contributed by atoms with Crippen LogP contribution in [0.25, 0.3) is 6.08 Å². The summed E-state index contributed by atoms with van der Waals surface area (Å²) in [5, 5.41) is 0.187. The summed E-state index contributed by atoms with van der Waals surface area (Å²) < 4.78 is 26.5. The third-order valence-electron chi connectivity index (χ3n) is 4.60. The summed E-state index contributed by atoms with van der Waals surface area (Å²) in [7, 11) is 0. The molecule has 0 N–H and O–H groups in total. The number of ether oxygens (including phenoxy) is 1. The molecular formula is C21H16ClFN2O4S. The molecule has 0 saturated heterocycles. The van der Waals surface area contributed by atoms with Crippen molar-refractivity contribution in [3.63, 3.8) is 0 Å². The molecule has 0 spiro atoms. The third kappa shape index (κ3) is 3.42. The summed E-state index contributed by atoms with van der Waals surface area (Å²) in [5.74, 6) is -0.727. The van der Waals surface area contributed by atoms with Crippen LogP contribution < -0.4 is 14.9 Å². The molecule has 0 fully saturated rings. The average molecular weight is 447 g/mol. The molecule has 1 aliphatic heterocycles. The molecule has 3 aromatic rings. The SMILES string of the molecule is CCOC(=O)C1=C(C)N=c2s/c(=C\c3c(F)cccc3Cl)c(=O)n2[C@@H]1c1ccco1. The Labute approximate surface area is 179 Å². The van der Waals surface area contributed by atoms with Gasteiger partial charge < -0.3 is 9.15 Å².